The molecule has 0 unspecified atom stereocenters. The molecule has 0 atom stereocenters. The van der Waals surface area contributed by atoms with Gasteiger partial charge in [0.05, 0.1) is 0 Å². The third kappa shape index (κ3) is 9.36. The number of hydrogen-bond donors (Lipinski definition) is 0. The Hall–Kier alpha value is 1.68. The summed E-state index contributed by atoms with van der Waals surface area (Å²) in [6.07, 6.45) is 0. The van der Waals surface area contributed by atoms with Crippen LogP contribution in [0, 0.1) is 0 Å². The molecule has 0 N–H and O–H groups in total. The predicted octanol–water partition coefficient (Wildman–Crippen LogP) is -0.126. The normalized spacial score (nSPS) is 1.25. The molecule has 0 aliphatic rings. The standard InChI is InChI=1S/Ag.Cu.O.Rh. The molecule has 37 valence electrons. The van der Waals surface area contributed by atoms with E-state index in [1.54, 1.807) is 0 Å². The zero-order chi connectivity index (χ0) is 2.00. The molecule has 0 saturated heterocycles. The van der Waals surface area contributed by atoms with Gasteiger partial charge in [0.2, 0.25) is 0 Å². The SMILES string of the molecule is [Ag].[Cu].[O]=[Rh]. The molecule has 0 rings (SSSR count). The molecule has 0 aromatic rings. The fourth-order valence-corrected chi connectivity index (χ4v) is 0. The number of hydrogen-bond acceptors (Lipinski definition) is 1. The summed E-state index contributed by atoms with van der Waals surface area (Å²) in [5.41, 5.74) is 0. The summed E-state index contributed by atoms with van der Waals surface area (Å²) in [6, 6.07) is 0. The van der Waals surface area contributed by atoms with E-state index >= 15 is 0 Å². The Morgan fingerprint density at radius 3 is 1.25 bits per heavy atom. The van der Waals surface area contributed by atoms with Crippen LogP contribution in [0.5, 0.6) is 0 Å². The van der Waals surface area contributed by atoms with E-state index in [1.165, 1.54) is 18.3 Å². The van der Waals surface area contributed by atoms with Crippen molar-refractivity contribution in [2.24, 2.45) is 0 Å². The summed E-state index contributed by atoms with van der Waals surface area (Å²) in [6.45, 7) is 0. The van der Waals surface area contributed by atoms with Crippen LogP contribution in [0.2, 0.25) is 0 Å². The Balaban J connectivity index is -0.00000000500. The second-order valence-corrected chi connectivity index (χ2v) is 0. The van der Waals surface area contributed by atoms with Gasteiger partial charge in [0.25, 0.3) is 0 Å². The Bertz CT molecular complexity index is 8.00. The average molecular weight is 290 g/mol. The van der Waals surface area contributed by atoms with Crippen LogP contribution >= 0.6 is 0 Å². The molecule has 0 aliphatic heterocycles. The first-order valence-electron chi connectivity index (χ1n) is 0.136. The molecule has 0 fully saturated rings. The number of rotatable bonds is 0. The van der Waals surface area contributed by atoms with Crippen LogP contribution in [0.4, 0.5) is 0 Å². The second-order valence-electron chi connectivity index (χ2n) is 0. The molecule has 0 amide bonds. The summed E-state index contributed by atoms with van der Waals surface area (Å²) in [4.78, 5) is 0. The molecular formula is AgCuORh. The van der Waals surface area contributed by atoms with Crippen molar-refractivity contribution in [3.63, 3.8) is 0 Å². The minimum atomic E-state index is 0. The van der Waals surface area contributed by atoms with E-state index in [0.717, 1.165) is 0 Å². The average Bonchev–Trinajstić information content (AvgIpc) is 1.00. The van der Waals surface area contributed by atoms with Gasteiger partial charge >= 0.3 is 21.8 Å². The van der Waals surface area contributed by atoms with Crippen LogP contribution in [-0.2, 0) is 61.3 Å². The summed E-state index contributed by atoms with van der Waals surface area (Å²) in [7, 11) is 0. The van der Waals surface area contributed by atoms with Crippen molar-refractivity contribution < 1.29 is 61.3 Å². The van der Waals surface area contributed by atoms with Crippen LogP contribution in [0.1, 0.15) is 0 Å². The van der Waals surface area contributed by atoms with Crippen LogP contribution in [0.3, 0.4) is 0 Å². The van der Waals surface area contributed by atoms with Crippen molar-refractivity contribution in [2.75, 3.05) is 0 Å². The predicted molar refractivity (Wildman–Crippen MR) is 0.686 cm³/mol. The molecule has 4 heavy (non-hydrogen) atoms. The van der Waals surface area contributed by atoms with E-state index < -0.39 is 0 Å². The summed E-state index contributed by atoms with van der Waals surface area (Å²) in [5.74, 6) is 0. The Morgan fingerprint density at radius 1 is 1.25 bits per heavy atom. The Kier molecular flexibility index (Phi) is 97.1. The molecule has 0 spiro atoms. The van der Waals surface area contributed by atoms with Gasteiger partial charge in [-0.1, -0.05) is 0 Å². The summed E-state index contributed by atoms with van der Waals surface area (Å²) in [5, 5.41) is 0. The third-order valence-corrected chi connectivity index (χ3v) is 0. The molecule has 0 aliphatic carbocycles. The Labute approximate surface area is 60.8 Å². The molecule has 0 saturated carbocycles. The quantitative estimate of drug-likeness (QED) is 0.568. The third-order valence-electron chi connectivity index (χ3n) is 0. The maximum atomic E-state index is 8.14. The molecule has 2 radical (unpaired) electrons. The van der Waals surface area contributed by atoms with Crippen molar-refractivity contribution in [1.82, 2.24) is 0 Å². The molecule has 4 heteroatoms. The van der Waals surface area contributed by atoms with E-state index in [0.29, 0.717) is 0 Å². The van der Waals surface area contributed by atoms with Crippen LogP contribution in [-0.4, -0.2) is 0 Å². The minimum absolute atomic E-state index is 0. The first-order valence-corrected chi connectivity index (χ1v) is 0.805. The van der Waals surface area contributed by atoms with Gasteiger partial charge < -0.3 is 0 Å². The zero-order valence-corrected chi connectivity index (χ0v) is 5.41. The monoisotopic (exact) mass is 289 g/mol. The van der Waals surface area contributed by atoms with Crippen molar-refractivity contribution in [3.8, 4) is 0 Å². The molecule has 1 nitrogen and oxygen atoms in total. The van der Waals surface area contributed by atoms with Crippen LogP contribution in [0.25, 0.3) is 0 Å². The molecule has 0 bridgehead atoms. The molecule has 0 heterocycles. The van der Waals surface area contributed by atoms with Crippen molar-refractivity contribution in [2.45, 2.75) is 0 Å². The van der Waals surface area contributed by atoms with Crippen LogP contribution < -0.4 is 0 Å². The van der Waals surface area contributed by atoms with Crippen molar-refractivity contribution >= 4 is 0 Å². The van der Waals surface area contributed by atoms with Crippen molar-refractivity contribution in [1.29, 1.82) is 0 Å². The van der Waals surface area contributed by atoms with E-state index in [2.05, 4.69) is 0 Å². The molecule has 0 aromatic heterocycles. The van der Waals surface area contributed by atoms with Gasteiger partial charge in [0.15, 0.2) is 0 Å². The first-order chi connectivity index (χ1) is 1.00. The van der Waals surface area contributed by atoms with E-state index in [-0.39, 0.29) is 39.4 Å². The van der Waals surface area contributed by atoms with E-state index in [9.17, 15) is 0 Å². The topological polar surface area (TPSA) is 17.1 Å². The molecule has 0 aromatic carbocycles. The van der Waals surface area contributed by atoms with E-state index in [4.69, 9.17) is 3.57 Å². The zero-order valence-electron chi connectivity index (χ0n) is 1.34. The fourth-order valence-electron chi connectivity index (χ4n) is 0. The van der Waals surface area contributed by atoms with E-state index in [1.807, 2.05) is 0 Å². The van der Waals surface area contributed by atoms with Gasteiger partial charge in [0, 0.05) is 39.4 Å². The van der Waals surface area contributed by atoms with Gasteiger partial charge in [-0.05, 0) is 0 Å². The van der Waals surface area contributed by atoms with Gasteiger partial charge in [-0.15, -0.1) is 0 Å². The van der Waals surface area contributed by atoms with Gasteiger partial charge in [-0.25, -0.2) is 0 Å². The second kappa shape index (κ2) is 22.4. The first kappa shape index (κ1) is 17.3. The van der Waals surface area contributed by atoms with Crippen molar-refractivity contribution in [3.05, 3.63) is 0 Å². The fraction of sp³-hybridized carbons (Fsp3) is 0. The summed E-state index contributed by atoms with van der Waals surface area (Å²) < 4.78 is 8.14. The maximum absolute atomic E-state index is 8.14. The summed E-state index contributed by atoms with van der Waals surface area (Å²) >= 11 is 1.30. The van der Waals surface area contributed by atoms with Gasteiger partial charge in [-0.2, -0.15) is 0 Å². The van der Waals surface area contributed by atoms with Gasteiger partial charge in [0.1, 0.15) is 0 Å². The molecular weight excluding hydrogens is 290 g/mol. The van der Waals surface area contributed by atoms with Crippen LogP contribution in [0.15, 0.2) is 0 Å². The Morgan fingerprint density at radius 2 is 1.25 bits per heavy atom. The van der Waals surface area contributed by atoms with Gasteiger partial charge in [-0.3, -0.25) is 0 Å².